The maximum absolute atomic E-state index is 14.0. The Bertz CT molecular complexity index is 1460. The van der Waals surface area contributed by atoms with Crippen LogP contribution in [0.25, 0.3) is 11.0 Å². The highest BCUT2D eigenvalue weighted by Gasteiger charge is 2.32. The quantitative estimate of drug-likeness (QED) is 0.491. The van der Waals surface area contributed by atoms with Crippen LogP contribution in [0.4, 0.5) is 13.6 Å². The van der Waals surface area contributed by atoms with Crippen molar-refractivity contribution >= 4 is 17.1 Å². The number of hydrogen-bond acceptors (Lipinski definition) is 8. The van der Waals surface area contributed by atoms with Gasteiger partial charge in [-0.1, -0.05) is 0 Å². The van der Waals surface area contributed by atoms with Crippen LogP contribution in [0.15, 0.2) is 35.4 Å². The lowest BCUT2D eigenvalue weighted by Gasteiger charge is -2.39. The van der Waals surface area contributed by atoms with Crippen LogP contribution >= 0.6 is 0 Å². The number of likely N-dealkylation sites (tertiary alicyclic amines) is 1. The summed E-state index contributed by atoms with van der Waals surface area (Å²) >= 11 is 0. The molecule has 12 heteroatoms. The summed E-state index contributed by atoms with van der Waals surface area (Å²) in [6.07, 6.45) is 3.70. The van der Waals surface area contributed by atoms with Gasteiger partial charge in [0.25, 0.3) is 5.56 Å². The van der Waals surface area contributed by atoms with Crippen molar-refractivity contribution in [1.29, 1.82) is 0 Å². The van der Waals surface area contributed by atoms with E-state index in [1.165, 1.54) is 4.57 Å². The third kappa shape index (κ3) is 6.49. The summed E-state index contributed by atoms with van der Waals surface area (Å²) in [6, 6.07) is 3.78. The summed E-state index contributed by atoms with van der Waals surface area (Å²) in [4.78, 5) is 35.9. The Labute approximate surface area is 230 Å². The zero-order valence-corrected chi connectivity index (χ0v) is 22.8. The lowest BCUT2D eigenvalue weighted by atomic mass is 9.95. The molecule has 2 unspecified atom stereocenters. The van der Waals surface area contributed by atoms with Crippen LogP contribution in [-0.4, -0.2) is 69.5 Å². The lowest BCUT2D eigenvalue weighted by Crippen LogP contribution is -2.49. The van der Waals surface area contributed by atoms with E-state index in [1.807, 2.05) is 26.8 Å². The van der Waals surface area contributed by atoms with E-state index in [4.69, 9.17) is 14.2 Å². The molecule has 5 rings (SSSR count). The maximum Gasteiger partial charge on any atom is 0.407 e. The number of halogens is 2. The summed E-state index contributed by atoms with van der Waals surface area (Å²) in [5.74, 6) is -0.819. The van der Waals surface area contributed by atoms with Crippen LogP contribution < -0.4 is 20.3 Å². The van der Waals surface area contributed by atoms with Gasteiger partial charge in [-0.3, -0.25) is 14.7 Å². The Morgan fingerprint density at radius 3 is 2.60 bits per heavy atom. The molecular formula is C28H33F2N5O5. The van der Waals surface area contributed by atoms with Gasteiger partial charge in [0.2, 0.25) is 0 Å². The van der Waals surface area contributed by atoms with Gasteiger partial charge in [-0.05, 0) is 27.2 Å². The molecule has 0 aliphatic carbocycles. The van der Waals surface area contributed by atoms with Gasteiger partial charge in [0.15, 0.2) is 23.1 Å². The third-order valence-electron chi connectivity index (χ3n) is 6.97. The molecule has 0 spiro atoms. The van der Waals surface area contributed by atoms with Crippen molar-refractivity contribution in [2.75, 3.05) is 26.3 Å². The van der Waals surface area contributed by atoms with E-state index in [0.29, 0.717) is 57.1 Å². The molecule has 2 aromatic heterocycles. The molecule has 2 atom stereocenters. The van der Waals surface area contributed by atoms with Gasteiger partial charge < -0.3 is 24.1 Å². The average molecular weight is 558 g/mol. The standard InChI is InChI=1S/C28H33F2N5O5/c1-28(2,3)33-27(37)40-19-4-5-34(18(12-19)10-17-11-24-25(15-31-17)39-9-8-38-24)6-7-35-23-14-21(30)20(29)13-22(23)32-16-26(35)36/h11,13-16,18-19H,4-10,12H2,1-3H3,(H,33,37). The topological polar surface area (TPSA) is 108 Å². The summed E-state index contributed by atoms with van der Waals surface area (Å²) in [7, 11) is 0. The van der Waals surface area contributed by atoms with Gasteiger partial charge in [-0.25, -0.2) is 18.6 Å². The first-order valence-corrected chi connectivity index (χ1v) is 13.4. The van der Waals surface area contributed by atoms with Crippen molar-refractivity contribution in [3.8, 4) is 11.5 Å². The fourth-order valence-electron chi connectivity index (χ4n) is 5.12. The second-order valence-corrected chi connectivity index (χ2v) is 11.1. The molecule has 0 bridgehead atoms. The molecule has 1 fully saturated rings. The minimum atomic E-state index is -1.04. The highest BCUT2D eigenvalue weighted by Crippen LogP contribution is 2.31. The molecule has 1 N–H and O–H groups in total. The van der Waals surface area contributed by atoms with Crippen LogP contribution in [0.3, 0.4) is 0 Å². The van der Waals surface area contributed by atoms with Crippen LogP contribution in [0.1, 0.15) is 39.3 Å². The summed E-state index contributed by atoms with van der Waals surface area (Å²) < 4.78 is 46.3. The number of carbonyl (C=O) groups is 1. The number of carbonyl (C=O) groups excluding carboxylic acids is 1. The molecule has 2 aliphatic heterocycles. The minimum absolute atomic E-state index is 0.0748. The number of nitrogens with zero attached hydrogens (tertiary/aromatic N) is 4. The van der Waals surface area contributed by atoms with Gasteiger partial charge in [0.05, 0.1) is 23.4 Å². The molecule has 214 valence electrons. The molecule has 10 nitrogen and oxygen atoms in total. The average Bonchev–Trinajstić information content (AvgIpc) is 2.89. The van der Waals surface area contributed by atoms with E-state index in [-0.39, 0.29) is 29.7 Å². The highest BCUT2D eigenvalue weighted by atomic mass is 19.2. The van der Waals surface area contributed by atoms with Crippen molar-refractivity contribution in [3.05, 3.63) is 58.3 Å². The Kier molecular flexibility index (Phi) is 7.88. The zero-order valence-electron chi connectivity index (χ0n) is 22.8. The summed E-state index contributed by atoms with van der Waals surface area (Å²) in [5, 5.41) is 2.84. The SMILES string of the molecule is CC(C)(C)NC(=O)OC1CCN(CCn2c(=O)cnc3cc(F)c(F)cc32)C(Cc2cc3c(cn2)OCCO3)C1. The van der Waals surface area contributed by atoms with Gasteiger partial charge >= 0.3 is 6.09 Å². The van der Waals surface area contributed by atoms with Crippen LogP contribution in [-0.2, 0) is 17.7 Å². The molecule has 3 aromatic rings. The molecule has 40 heavy (non-hydrogen) atoms. The second-order valence-electron chi connectivity index (χ2n) is 11.1. The number of amides is 1. The fraction of sp³-hybridized carbons (Fsp3) is 0.500. The predicted octanol–water partition coefficient (Wildman–Crippen LogP) is 3.44. The van der Waals surface area contributed by atoms with Gasteiger partial charge in [-0.2, -0.15) is 0 Å². The number of rotatable bonds is 6. The number of nitrogens with one attached hydrogen (secondary N) is 1. The molecule has 1 amide bonds. The lowest BCUT2D eigenvalue weighted by molar-refractivity contribution is 0.0190. The van der Waals surface area contributed by atoms with E-state index in [1.54, 1.807) is 6.20 Å². The Hall–Kier alpha value is -3.80. The van der Waals surface area contributed by atoms with Crippen molar-refractivity contribution in [3.63, 3.8) is 0 Å². The first kappa shape index (κ1) is 27.8. The Balaban J connectivity index is 1.35. The van der Waals surface area contributed by atoms with E-state index >= 15 is 0 Å². The third-order valence-corrected chi connectivity index (χ3v) is 6.97. The van der Waals surface area contributed by atoms with Crippen LogP contribution in [0, 0.1) is 11.6 Å². The summed E-state index contributed by atoms with van der Waals surface area (Å²) in [6.45, 7) is 7.89. The minimum Gasteiger partial charge on any atom is -0.486 e. The molecule has 2 aliphatic rings. The second kappa shape index (κ2) is 11.4. The van der Waals surface area contributed by atoms with Gasteiger partial charge in [-0.15, -0.1) is 0 Å². The van der Waals surface area contributed by atoms with Crippen molar-refractivity contribution in [1.82, 2.24) is 24.8 Å². The number of benzene rings is 1. The fourth-order valence-corrected chi connectivity index (χ4v) is 5.12. The number of fused-ring (bicyclic) bond motifs is 2. The van der Waals surface area contributed by atoms with Gasteiger partial charge in [0.1, 0.15) is 19.3 Å². The molecule has 4 heterocycles. The number of hydrogen-bond donors (Lipinski definition) is 1. The van der Waals surface area contributed by atoms with Crippen molar-refractivity contribution < 1.29 is 27.8 Å². The number of alkyl carbamates (subject to hydrolysis) is 1. The highest BCUT2D eigenvalue weighted by molar-refractivity contribution is 5.74. The predicted molar refractivity (Wildman–Crippen MR) is 143 cm³/mol. The van der Waals surface area contributed by atoms with Gasteiger partial charge in [0, 0.05) is 67.9 Å². The van der Waals surface area contributed by atoms with Crippen molar-refractivity contribution in [2.45, 2.75) is 64.3 Å². The molecule has 1 aromatic carbocycles. The normalized spacial score (nSPS) is 19.4. The Morgan fingerprint density at radius 1 is 1.07 bits per heavy atom. The largest absolute Gasteiger partial charge is 0.486 e. The van der Waals surface area contributed by atoms with E-state index < -0.39 is 28.8 Å². The monoisotopic (exact) mass is 557 g/mol. The molecular weight excluding hydrogens is 524 g/mol. The Morgan fingerprint density at radius 2 is 1.82 bits per heavy atom. The smallest absolute Gasteiger partial charge is 0.407 e. The van der Waals surface area contributed by atoms with E-state index in [2.05, 4.69) is 20.2 Å². The number of piperidine rings is 1. The number of ether oxygens (including phenoxy) is 3. The first-order valence-electron chi connectivity index (χ1n) is 13.4. The van der Waals surface area contributed by atoms with Crippen LogP contribution in [0.5, 0.6) is 11.5 Å². The summed E-state index contributed by atoms with van der Waals surface area (Å²) in [5.41, 5.74) is 0.403. The van der Waals surface area contributed by atoms with E-state index in [0.717, 1.165) is 24.0 Å². The van der Waals surface area contributed by atoms with E-state index in [9.17, 15) is 18.4 Å². The maximum atomic E-state index is 14.0. The molecule has 1 saturated heterocycles. The molecule has 0 radical (unpaired) electrons. The first-order chi connectivity index (χ1) is 19.1. The van der Waals surface area contributed by atoms with Crippen molar-refractivity contribution in [2.24, 2.45) is 0 Å². The number of pyridine rings is 1. The zero-order chi connectivity index (χ0) is 28.4. The molecule has 0 saturated carbocycles. The number of aromatic nitrogens is 3. The van der Waals surface area contributed by atoms with Crippen LogP contribution in [0.2, 0.25) is 0 Å².